The van der Waals surface area contributed by atoms with Crippen molar-refractivity contribution in [3.05, 3.63) is 209 Å². The minimum Gasteiger partial charge on any atom is -0.333 e. The second-order valence-electron chi connectivity index (χ2n) is 19.5. The van der Waals surface area contributed by atoms with Gasteiger partial charge >= 0.3 is 0 Å². The molecule has 8 aromatic carbocycles. The van der Waals surface area contributed by atoms with Crippen molar-refractivity contribution in [3.63, 3.8) is 0 Å². The zero-order chi connectivity index (χ0) is 41.5. The van der Waals surface area contributed by atoms with Crippen LogP contribution in [0.25, 0.3) is 43.8 Å². The van der Waals surface area contributed by atoms with Crippen LogP contribution < -0.4 is 9.80 Å². The molecule has 2 heteroatoms. The molecule has 0 bridgehead atoms. The van der Waals surface area contributed by atoms with Gasteiger partial charge in [0.1, 0.15) is 0 Å². The quantitative estimate of drug-likeness (QED) is 0.161. The van der Waals surface area contributed by atoms with Crippen LogP contribution in [0.5, 0.6) is 0 Å². The van der Waals surface area contributed by atoms with Gasteiger partial charge in [-0.15, -0.1) is 0 Å². The van der Waals surface area contributed by atoms with Crippen molar-refractivity contribution in [2.24, 2.45) is 5.92 Å². The first kappa shape index (κ1) is 36.1. The summed E-state index contributed by atoms with van der Waals surface area (Å²) >= 11 is 0. The van der Waals surface area contributed by atoms with Gasteiger partial charge in [0.05, 0.1) is 17.4 Å². The van der Waals surface area contributed by atoms with E-state index in [4.69, 9.17) is 0 Å². The summed E-state index contributed by atoms with van der Waals surface area (Å²) in [6.07, 6.45) is 13.7. The zero-order valence-electron chi connectivity index (χ0n) is 36.0. The first-order valence-electron chi connectivity index (χ1n) is 22.8. The Labute approximate surface area is 365 Å². The molecule has 0 fully saturated rings. The fraction of sp³-hybridized carbons (Fsp3) is 0.200. The Morgan fingerprint density at radius 2 is 0.871 bits per heavy atom. The van der Waals surface area contributed by atoms with Gasteiger partial charge in [0.25, 0.3) is 0 Å². The molecule has 0 spiro atoms. The van der Waals surface area contributed by atoms with Crippen LogP contribution in [0.1, 0.15) is 73.1 Å². The Morgan fingerprint density at radius 3 is 1.44 bits per heavy atom. The highest BCUT2D eigenvalue weighted by Gasteiger charge is 2.41. The average Bonchev–Trinajstić information content (AvgIpc) is 3.48. The second-order valence-corrected chi connectivity index (χ2v) is 19.5. The average molecular weight is 799 g/mol. The van der Waals surface area contributed by atoms with Crippen LogP contribution in [0.15, 0.2) is 170 Å². The van der Waals surface area contributed by atoms with E-state index >= 15 is 0 Å². The van der Waals surface area contributed by atoms with Crippen LogP contribution >= 0.6 is 0 Å². The Hall–Kier alpha value is -6.64. The van der Waals surface area contributed by atoms with E-state index in [9.17, 15) is 0 Å². The lowest BCUT2D eigenvalue weighted by Crippen LogP contribution is -2.35. The maximum Gasteiger partial charge on any atom is 0.0620 e. The summed E-state index contributed by atoms with van der Waals surface area (Å²) in [7, 11) is 0. The van der Waals surface area contributed by atoms with E-state index in [1.54, 1.807) is 0 Å². The predicted molar refractivity (Wildman–Crippen MR) is 261 cm³/mol. The summed E-state index contributed by atoms with van der Waals surface area (Å²) in [6, 6.07) is 56.6. The SMILES string of the molecule is CC1(C)c2ccccc2-c2cc3c(N4c5ccccc5CCC5C=CC=CC54)c4cc5c(cc4c(N4c6ccccc6CCc6ccccc64)c3cc21)C(C)(C)c1ccccc1-5. The van der Waals surface area contributed by atoms with Crippen molar-refractivity contribution in [1.29, 1.82) is 0 Å². The summed E-state index contributed by atoms with van der Waals surface area (Å²) < 4.78 is 0. The number of anilines is 5. The molecule has 62 heavy (non-hydrogen) atoms. The lowest BCUT2D eigenvalue weighted by molar-refractivity contribution is 0.536. The van der Waals surface area contributed by atoms with Gasteiger partial charge in [0.2, 0.25) is 0 Å². The zero-order valence-corrected chi connectivity index (χ0v) is 36.0. The molecular weight excluding hydrogens is 749 g/mol. The first-order chi connectivity index (χ1) is 30.3. The molecule has 0 saturated heterocycles. The highest BCUT2D eigenvalue weighted by atomic mass is 15.2. The molecule has 2 aliphatic heterocycles. The van der Waals surface area contributed by atoms with Gasteiger partial charge in [-0.05, 0) is 129 Å². The molecule has 8 aromatic rings. The summed E-state index contributed by atoms with van der Waals surface area (Å²) in [5.74, 6) is 0.379. The van der Waals surface area contributed by atoms with Crippen molar-refractivity contribution < 1.29 is 0 Å². The summed E-state index contributed by atoms with van der Waals surface area (Å²) in [5.41, 5.74) is 21.4. The second kappa shape index (κ2) is 12.9. The molecule has 5 aliphatic rings. The van der Waals surface area contributed by atoms with Crippen LogP contribution in [0.4, 0.5) is 28.4 Å². The number of nitrogens with zero attached hydrogens (tertiary/aromatic N) is 2. The summed E-state index contributed by atoms with van der Waals surface area (Å²) in [4.78, 5) is 5.46. The van der Waals surface area contributed by atoms with E-state index in [-0.39, 0.29) is 16.9 Å². The highest BCUT2D eigenvalue weighted by Crippen LogP contribution is 2.59. The maximum atomic E-state index is 2.78. The third kappa shape index (κ3) is 4.87. The molecular formula is C60H50N2. The first-order valence-corrected chi connectivity index (χ1v) is 22.8. The number of allylic oxidation sites excluding steroid dienone is 2. The Bertz CT molecular complexity index is 3110. The topological polar surface area (TPSA) is 6.48 Å². The third-order valence-corrected chi connectivity index (χ3v) is 15.6. The van der Waals surface area contributed by atoms with Gasteiger partial charge in [0, 0.05) is 55.4 Å². The van der Waals surface area contributed by atoms with Crippen molar-refractivity contribution in [2.45, 2.75) is 70.3 Å². The van der Waals surface area contributed by atoms with E-state index in [0.717, 1.165) is 25.7 Å². The highest BCUT2D eigenvalue weighted by molar-refractivity contribution is 6.25. The van der Waals surface area contributed by atoms with Crippen LogP contribution in [-0.2, 0) is 30.1 Å². The van der Waals surface area contributed by atoms with Gasteiger partial charge in [-0.2, -0.15) is 0 Å². The van der Waals surface area contributed by atoms with Gasteiger partial charge in [-0.25, -0.2) is 0 Å². The van der Waals surface area contributed by atoms with Crippen LogP contribution in [0.3, 0.4) is 0 Å². The monoisotopic (exact) mass is 798 g/mol. The summed E-state index contributed by atoms with van der Waals surface area (Å²) in [5, 5.41) is 5.23. The van der Waals surface area contributed by atoms with Crippen molar-refractivity contribution in [2.75, 3.05) is 9.80 Å². The number of rotatable bonds is 2. The largest absolute Gasteiger partial charge is 0.333 e. The fourth-order valence-corrected chi connectivity index (χ4v) is 12.5. The summed E-state index contributed by atoms with van der Waals surface area (Å²) in [6.45, 7) is 9.73. The Morgan fingerprint density at radius 1 is 0.419 bits per heavy atom. The third-order valence-electron chi connectivity index (χ3n) is 15.6. The maximum absolute atomic E-state index is 2.78. The van der Waals surface area contributed by atoms with Gasteiger partial charge < -0.3 is 9.80 Å². The van der Waals surface area contributed by atoms with E-state index in [0.29, 0.717) is 5.92 Å². The lowest BCUT2D eigenvalue weighted by Gasteiger charge is -2.39. The standard InChI is InChI=1S/C60H50N2/c1-59(2)49-23-11-9-21-41(49)43-33-45-47(35-51(43)59)58(62-55-27-15-7-19-39(55)31-32-40-20-8-16-28-56(40)62)48-36-52-44(42-22-10-12-24-50(42)60(52,3)4)34-46(48)57(45)61-53-25-13-5-17-37(53)29-30-38-18-6-14-26-54(38)61/h5-28,33-37,53H,29-32H2,1-4H3. The minimum absolute atomic E-state index is 0.162. The van der Waals surface area contributed by atoms with Crippen LogP contribution in [-0.4, -0.2) is 6.04 Å². The number of para-hydroxylation sites is 3. The fourth-order valence-electron chi connectivity index (χ4n) is 12.5. The molecule has 3 aliphatic carbocycles. The molecule has 0 amide bonds. The van der Waals surface area contributed by atoms with Crippen molar-refractivity contribution in [3.8, 4) is 22.3 Å². The molecule has 13 rings (SSSR count). The smallest absolute Gasteiger partial charge is 0.0620 e. The molecule has 2 heterocycles. The van der Waals surface area contributed by atoms with E-state index < -0.39 is 0 Å². The van der Waals surface area contributed by atoms with E-state index in [1.807, 2.05) is 0 Å². The van der Waals surface area contributed by atoms with Gasteiger partial charge in [-0.1, -0.05) is 155 Å². The van der Waals surface area contributed by atoms with Crippen molar-refractivity contribution in [1.82, 2.24) is 0 Å². The van der Waals surface area contributed by atoms with Crippen LogP contribution in [0, 0.1) is 5.92 Å². The predicted octanol–water partition coefficient (Wildman–Crippen LogP) is 15.4. The molecule has 0 aromatic heterocycles. The molecule has 0 N–H and O–H groups in total. The Kier molecular flexibility index (Phi) is 7.53. The number of hydrogen-bond acceptors (Lipinski definition) is 2. The molecule has 0 saturated carbocycles. The van der Waals surface area contributed by atoms with E-state index in [2.05, 4.69) is 207 Å². The van der Waals surface area contributed by atoms with Gasteiger partial charge in [0.15, 0.2) is 0 Å². The normalized spacial score (nSPS) is 19.4. The number of aryl methyl sites for hydroxylation is 3. The molecule has 2 unspecified atom stereocenters. The van der Waals surface area contributed by atoms with Crippen LogP contribution in [0.2, 0.25) is 0 Å². The number of hydrogen-bond donors (Lipinski definition) is 0. The Balaban J connectivity index is 1.27. The van der Waals surface area contributed by atoms with E-state index in [1.165, 1.54) is 111 Å². The molecule has 300 valence electrons. The number of benzene rings is 8. The van der Waals surface area contributed by atoms with Crippen molar-refractivity contribution >= 4 is 50.0 Å². The molecule has 2 nitrogen and oxygen atoms in total. The minimum atomic E-state index is -0.167. The molecule has 2 atom stereocenters. The van der Waals surface area contributed by atoms with Gasteiger partial charge in [-0.3, -0.25) is 0 Å². The molecule has 0 radical (unpaired) electrons. The number of fused-ring (bicyclic) bond motifs is 12. The lowest BCUT2D eigenvalue weighted by atomic mass is 9.80.